The number of fused-ring (bicyclic) bond motifs is 1. The van der Waals surface area contributed by atoms with Crippen molar-refractivity contribution in [2.45, 2.75) is 6.54 Å². The minimum absolute atomic E-state index is 0. The lowest BCUT2D eigenvalue weighted by molar-refractivity contribution is 0.102. The number of carbonyl (C=O) groups is 1. The molecule has 0 bridgehead atoms. The summed E-state index contributed by atoms with van der Waals surface area (Å²) in [7, 11) is 0. The second-order valence-corrected chi connectivity index (χ2v) is 8.25. The largest absolute Gasteiger partial charge is 0.436 e. The molecule has 170 valence electrons. The van der Waals surface area contributed by atoms with Gasteiger partial charge in [-0.1, -0.05) is 35.9 Å². The third-order valence-electron chi connectivity index (χ3n) is 5.61. The molecule has 4 aromatic rings. The molecule has 6 nitrogen and oxygen atoms in total. The Balaban J connectivity index is 0.00000259. The molecule has 2 heterocycles. The van der Waals surface area contributed by atoms with Gasteiger partial charge < -0.3 is 15.1 Å². The van der Waals surface area contributed by atoms with Crippen LogP contribution in [0.2, 0.25) is 5.02 Å². The van der Waals surface area contributed by atoms with Gasteiger partial charge in [0, 0.05) is 48.9 Å². The zero-order valence-corrected chi connectivity index (χ0v) is 19.5. The van der Waals surface area contributed by atoms with Gasteiger partial charge >= 0.3 is 0 Å². The van der Waals surface area contributed by atoms with Crippen molar-refractivity contribution in [3.05, 3.63) is 82.9 Å². The molecule has 0 saturated carbocycles. The third kappa shape index (κ3) is 5.20. The molecule has 3 aromatic carbocycles. The molecule has 2 N–H and O–H groups in total. The maximum atomic E-state index is 12.7. The molecule has 1 saturated heterocycles. The molecule has 8 heteroatoms. The molecule has 0 atom stereocenters. The van der Waals surface area contributed by atoms with Crippen LogP contribution < -0.4 is 10.6 Å². The molecule has 1 aromatic heterocycles. The van der Waals surface area contributed by atoms with Gasteiger partial charge in [0.1, 0.15) is 5.52 Å². The van der Waals surface area contributed by atoms with Crippen LogP contribution in [-0.2, 0) is 6.54 Å². The monoisotopic (exact) mass is 482 g/mol. The Hall–Kier alpha value is -2.90. The molecule has 1 amide bonds. The van der Waals surface area contributed by atoms with Gasteiger partial charge in [-0.15, -0.1) is 12.4 Å². The van der Waals surface area contributed by atoms with E-state index in [0.29, 0.717) is 22.2 Å². The number of hydrogen-bond donors (Lipinski definition) is 2. The predicted molar refractivity (Wildman–Crippen MR) is 134 cm³/mol. The third-order valence-corrected chi connectivity index (χ3v) is 5.86. The van der Waals surface area contributed by atoms with Crippen molar-refractivity contribution >= 4 is 46.7 Å². The second-order valence-electron chi connectivity index (χ2n) is 7.82. The number of oxazole rings is 1. The van der Waals surface area contributed by atoms with E-state index in [-0.39, 0.29) is 18.3 Å². The van der Waals surface area contributed by atoms with E-state index in [4.69, 9.17) is 21.0 Å². The van der Waals surface area contributed by atoms with Crippen molar-refractivity contribution < 1.29 is 9.21 Å². The van der Waals surface area contributed by atoms with Crippen molar-refractivity contribution in [2.75, 3.05) is 31.5 Å². The van der Waals surface area contributed by atoms with Crippen LogP contribution in [0.5, 0.6) is 0 Å². The molecule has 5 rings (SSSR count). The first-order valence-electron chi connectivity index (χ1n) is 10.7. The summed E-state index contributed by atoms with van der Waals surface area (Å²) in [4.78, 5) is 19.9. The van der Waals surface area contributed by atoms with E-state index in [0.717, 1.165) is 55.0 Å². The fraction of sp³-hybridized carbons (Fsp3) is 0.200. The van der Waals surface area contributed by atoms with E-state index in [2.05, 4.69) is 21.6 Å². The summed E-state index contributed by atoms with van der Waals surface area (Å²) < 4.78 is 6.25. The number of anilines is 1. The molecule has 33 heavy (non-hydrogen) atoms. The molecule has 0 radical (unpaired) electrons. The van der Waals surface area contributed by atoms with Crippen LogP contribution in [0.4, 0.5) is 5.69 Å². The van der Waals surface area contributed by atoms with Crippen LogP contribution in [0, 0.1) is 0 Å². The van der Waals surface area contributed by atoms with Gasteiger partial charge in [0.15, 0.2) is 5.58 Å². The number of piperazine rings is 1. The van der Waals surface area contributed by atoms with Crippen molar-refractivity contribution in [3.8, 4) is 11.5 Å². The maximum absolute atomic E-state index is 12.7. The Morgan fingerprint density at radius 3 is 2.58 bits per heavy atom. The predicted octanol–water partition coefficient (Wildman–Crippen LogP) is 5.23. The summed E-state index contributed by atoms with van der Waals surface area (Å²) in [6, 6.07) is 20.4. The number of para-hydroxylation sites is 2. The van der Waals surface area contributed by atoms with Gasteiger partial charge in [-0.25, -0.2) is 4.98 Å². The lowest BCUT2D eigenvalue weighted by atomic mass is 10.1. The molecule has 1 fully saturated rings. The minimum atomic E-state index is -0.218. The lowest BCUT2D eigenvalue weighted by Crippen LogP contribution is -2.42. The van der Waals surface area contributed by atoms with Gasteiger partial charge in [0.05, 0.1) is 11.3 Å². The Morgan fingerprint density at radius 1 is 1.03 bits per heavy atom. The Kier molecular flexibility index (Phi) is 7.30. The molecule has 0 unspecified atom stereocenters. The van der Waals surface area contributed by atoms with Crippen LogP contribution in [0.3, 0.4) is 0 Å². The van der Waals surface area contributed by atoms with Crippen molar-refractivity contribution in [1.82, 2.24) is 15.2 Å². The second kappa shape index (κ2) is 10.4. The van der Waals surface area contributed by atoms with Crippen LogP contribution in [0.25, 0.3) is 22.6 Å². The van der Waals surface area contributed by atoms with Crippen LogP contribution >= 0.6 is 24.0 Å². The van der Waals surface area contributed by atoms with Crippen molar-refractivity contribution in [3.63, 3.8) is 0 Å². The molecule has 0 spiro atoms. The lowest BCUT2D eigenvalue weighted by Gasteiger charge is -2.27. The molecular formula is C25H24Cl2N4O2. The van der Waals surface area contributed by atoms with Gasteiger partial charge in [-0.2, -0.15) is 0 Å². The minimum Gasteiger partial charge on any atom is -0.436 e. The fourth-order valence-electron chi connectivity index (χ4n) is 3.93. The highest BCUT2D eigenvalue weighted by Crippen LogP contribution is 2.32. The summed E-state index contributed by atoms with van der Waals surface area (Å²) in [6.45, 7) is 4.84. The number of aromatic nitrogens is 1. The quantitative estimate of drug-likeness (QED) is 0.407. The zero-order valence-electron chi connectivity index (χ0n) is 17.9. The summed E-state index contributed by atoms with van der Waals surface area (Å²) in [5.41, 5.74) is 4.62. The van der Waals surface area contributed by atoms with Gasteiger partial charge in [0.2, 0.25) is 5.89 Å². The first-order chi connectivity index (χ1) is 15.7. The molecule has 1 aliphatic heterocycles. The number of amides is 1. The van der Waals surface area contributed by atoms with Gasteiger partial charge in [-0.3, -0.25) is 9.69 Å². The average Bonchev–Trinajstić information content (AvgIpc) is 3.26. The number of rotatable bonds is 5. The summed E-state index contributed by atoms with van der Waals surface area (Å²) in [6.07, 6.45) is 0. The van der Waals surface area contributed by atoms with E-state index in [9.17, 15) is 4.79 Å². The topological polar surface area (TPSA) is 70.4 Å². The number of hydrogen-bond acceptors (Lipinski definition) is 5. The SMILES string of the molecule is Cl.O=C(Nc1ccccc1-c1nc2cccc(CN3CCNCC3)c2o1)c1ccc(Cl)cc1. The van der Waals surface area contributed by atoms with E-state index in [1.54, 1.807) is 24.3 Å². The number of carbonyl (C=O) groups excluding carboxylic acids is 1. The number of halogens is 2. The molecule has 0 aliphatic carbocycles. The van der Waals surface area contributed by atoms with E-state index < -0.39 is 0 Å². The van der Waals surface area contributed by atoms with E-state index in [1.165, 1.54) is 0 Å². The van der Waals surface area contributed by atoms with Crippen molar-refractivity contribution in [2.24, 2.45) is 0 Å². The van der Waals surface area contributed by atoms with E-state index in [1.807, 2.05) is 36.4 Å². The Morgan fingerprint density at radius 2 is 1.79 bits per heavy atom. The van der Waals surface area contributed by atoms with Crippen LogP contribution in [0.1, 0.15) is 15.9 Å². The van der Waals surface area contributed by atoms with E-state index >= 15 is 0 Å². The summed E-state index contributed by atoms with van der Waals surface area (Å²) in [5, 5.41) is 6.94. The highest BCUT2D eigenvalue weighted by atomic mass is 35.5. The zero-order chi connectivity index (χ0) is 21.9. The first kappa shape index (κ1) is 23.3. The highest BCUT2D eigenvalue weighted by Gasteiger charge is 2.18. The summed E-state index contributed by atoms with van der Waals surface area (Å²) >= 11 is 5.94. The number of nitrogens with zero attached hydrogens (tertiary/aromatic N) is 2. The maximum Gasteiger partial charge on any atom is 0.255 e. The van der Waals surface area contributed by atoms with Crippen LogP contribution in [-0.4, -0.2) is 42.0 Å². The van der Waals surface area contributed by atoms with Crippen LogP contribution in [0.15, 0.2) is 71.1 Å². The standard InChI is InChI=1S/C25H23ClN4O2.ClH/c26-19-10-8-17(9-11-19)24(31)28-21-6-2-1-5-20(21)25-29-22-7-3-4-18(23(22)32-25)16-30-14-12-27-13-15-30;/h1-11,27H,12-16H2,(H,28,31);1H. The van der Waals surface area contributed by atoms with Gasteiger partial charge in [-0.05, 0) is 42.5 Å². The summed E-state index contributed by atoms with van der Waals surface area (Å²) in [5.74, 6) is 0.268. The number of benzene rings is 3. The fourth-order valence-corrected chi connectivity index (χ4v) is 4.06. The smallest absolute Gasteiger partial charge is 0.255 e. The Labute approximate surface area is 203 Å². The molecular weight excluding hydrogens is 459 g/mol. The first-order valence-corrected chi connectivity index (χ1v) is 11.0. The van der Waals surface area contributed by atoms with Crippen molar-refractivity contribution in [1.29, 1.82) is 0 Å². The van der Waals surface area contributed by atoms with Gasteiger partial charge in [0.25, 0.3) is 5.91 Å². The number of nitrogens with one attached hydrogen (secondary N) is 2. The Bertz CT molecular complexity index is 1250. The molecule has 1 aliphatic rings. The average molecular weight is 483 g/mol. The normalized spacial score (nSPS) is 14.1. The highest BCUT2D eigenvalue weighted by molar-refractivity contribution is 6.30.